The number of nitrogens with one attached hydrogen (secondary N) is 2. The first-order chi connectivity index (χ1) is 12.2. The summed E-state index contributed by atoms with van der Waals surface area (Å²) in [6.45, 7) is 5.66. The second-order valence-corrected chi connectivity index (χ2v) is 7.44. The summed E-state index contributed by atoms with van der Waals surface area (Å²) >= 11 is 0. The average molecular weight is 345 g/mol. The van der Waals surface area contributed by atoms with Gasteiger partial charge in [0.1, 0.15) is 11.4 Å². The van der Waals surface area contributed by atoms with Crippen LogP contribution in [0, 0.1) is 5.92 Å². The fraction of sp³-hybridized carbons (Fsp3) is 0.650. The molecule has 0 bridgehead atoms. The molecule has 0 radical (unpaired) electrons. The lowest BCUT2D eigenvalue weighted by atomic mass is 9.86. The van der Waals surface area contributed by atoms with Gasteiger partial charge in [0, 0.05) is 31.7 Å². The molecule has 0 saturated heterocycles. The van der Waals surface area contributed by atoms with E-state index in [2.05, 4.69) is 40.7 Å². The van der Waals surface area contributed by atoms with Gasteiger partial charge in [-0.2, -0.15) is 0 Å². The number of hydrogen-bond donors (Lipinski definition) is 3. The van der Waals surface area contributed by atoms with Gasteiger partial charge in [-0.1, -0.05) is 25.1 Å². The Hall–Kier alpha value is -1.75. The predicted octanol–water partition coefficient (Wildman–Crippen LogP) is 3.01. The van der Waals surface area contributed by atoms with Crippen molar-refractivity contribution in [2.24, 2.45) is 10.9 Å². The number of para-hydroxylation sites is 1. The number of aliphatic imine (C=N–C) groups is 1. The fourth-order valence-electron chi connectivity index (χ4n) is 3.86. The molecule has 5 heteroatoms. The maximum Gasteiger partial charge on any atom is 0.191 e. The molecule has 0 amide bonds. The molecule has 1 saturated carbocycles. The van der Waals surface area contributed by atoms with Crippen molar-refractivity contribution in [1.82, 2.24) is 10.6 Å². The van der Waals surface area contributed by atoms with E-state index in [1.165, 1.54) is 18.4 Å². The van der Waals surface area contributed by atoms with Gasteiger partial charge in [0.25, 0.3) is 0 Å². The van der Waals surface area contributed by atoms with E-state index in [9.17, 15) is 5.11 Å². The molecule has 2 unspecified atom stereocenters. The molecule has 3 N–H and O–H groups in total. The van der Waals surface area contributed by atoms with Crippen molar-refractivity contribution in [2.75, 3.05) is 19.7 Å². The van der Waals surface area contributed by atoms with E-state index in [0.717, 1.165) is 37.5 Å². The quantitative estimate of drug-likeness (QED) is 0.567. The van der Waals surface area contributed by atoms with Crippen molar-refractivity contribution in [3.8, 4) is 5.75 Å². The van der Waals surface area contributed by atoms with E-state index in [4.69, 9.17) is 4.74 Å². The Morgan fingerprint density at radius 1 is 1.36 bits per heavy atom. The molecule has 1 fully saturated rings. The first-order valence-corrected chi connectivity index (χ1v) is 9.59. The van der Waals surface area contributed by atoms with Crippen LogP contribution in [0.4, 0.5) is 0 Å². The molecular weight excluding hydrogens is 314 g/mol. The summed E-state index contributed by atoms with van der Waals surface area (Å²) in [5.41, 5.74) is 1.18. The zero-order valence-corrected chi connectivity index (χ0v) is 15.4. The monoisotopic (exact) mass is 345 g/mol. The molecule has 2 aliphatic rings. The normalized spacial score (nSPS) is 23.0. The highest BCUT2D eigenvalue weighted by atomic mass is 16.5. The van der Waals surface area contributed by atoms with Crippen LogP contribution in [0.2, 0.25) is 0 Å². The van der Waals surface area contributed by atoms with Gasteiger partial charge in [-0.15, -0.1) is 0 Å². The SMILES string of the molecule is CCNC(=NCC(C)CO)NC1CC2(CCCC2)Oc2ccccc21. The van der Waals surface area contributed by atoms with Gasteiger partial charge in [-0.25, -0.2) is 0 Å². The molecular formula is C20H31N3O2. The molecule has 2 atom stereocenters. The Labute approximate surface area is 150 Å². The minimum Gasteiger partial charge on any atom is -0.487 e. The number of aliphatic hydroxyl groups excluding tert-OH is 1. The van der Waals surface area contributed by atoms with Crippen LogP contribution in [0.3, 0.4) is 0 Å². The van der Waals surface area contributed by atoms with Crippen molar-refractivity contribution in [3.05, 3.63) is 29.8 Å². The fourth-order valence-corrected chi connectivity index (χ4v) is 3.86. The van der Waals surface area contributed by atoms with E-state index >= 15 is 0 Å². The molecule has 5 nitrogen and oxygen atoms in total. The van der Waals surface area contributed by atoms with Gasteiger partial charge in [0.05, 0.1) is 6.04 Å². The third kappa shape index (κ3) is 4.27. The maximum absolute atomic E-state index is 9.24. The van der Waals surface area contributed by atoms with Crippen LogP contribution in [-0.4, -0.2) is 36.4 Å². The number of guanidine groups is 1. The van der Waals surface area contributed by atoms with Crippen LogP contribution in [0.5, 0.6) is 5.75 Å². The smallest absolute Gasteiger partial charge is 0.191 e. The molecule has 1 aliphatic heterocycles. The Morgan fingerprint density at radius 2 is 2.12 bits per heavy atom. The number of fused-ring (bicyclic) bond motifs is 1. The lowest BCUT2D eigenvalue weighted by molar-refractivity contribution is 0.0396. The highest BCUT2D eigenvalue weighted by molar-refractivity contribution is 5.80. The number of ether oxygens (including phenoxy) is 1. The minimum atomic E-state index is -0.0261. The molecule has 1 aliphatic carbocycles. The average Bonchev–Trinajstić information content (AvgIpc) is 3.07. The first kappa shape index (κ1) is 18.1. The number of nitrogens with zero attached hydrogens (tertiary/aromatic N) is 1. The van der Waals surface area contributed by atoms with E-state index in [1.54, 1.807) is 0 Å². The van der Waals surface area contributed by atoms with Gasteiger partial charge in [0.2, 0.25) is 0 Å². The van der Waals surface area contributed by atoms with Gasteiger partial charge in [-0.05, 0) is 44.6 Å². The number of benzene rings is 1. The summed E-state index contributed by atoms with van der Waals surface area (Å²) in [6.07, 6.45) is 5.74. The van der Waals surface area contributed by atoms with Crippen molar-refractivity contribution < 1.29 is 9.84 Å². The third-order valence-corrected chi connectivity index (χ3v) is 5.24. The second kappa shape index (κ2) is 8.09. The van der Waals surface area contributed by atoms with Gasteiger partial charge >= 0.3 is 0 Å². The minimum absolute atomic E-state index is 0.0261. The maximum atomic E-state index is 9.24. The van der Waals surface area contributed by atoms with Crippen LogP contribution >= 0.6 is 0 Å². The second-order valence-electron chi connectivity index (χ2n) is 7.44. The number of hydrogen-bond acceptors (Lipinski definition) is 3. The highest BCUT2D eigenvalue weighted by Crippen LogP contribution is 2.46. The van der Waals surface area contributed by atoms with Crippen LogP contribution in [0.15, 0.2) is 29.3 Å². The molecule has 138 valence electrons. The summed E-state index contributed by atoms with van der Waals surface area (Å²) in [7, 11) is 0. The van der Waals surface area contributed by atoms with Crippen LogP contribution in [0.25, 0.3) is 0 Å². The molecule has 3 rings (SSSR count). The van der Waals surface area contributed by atoms with E-state index in [-0.39, 0.29) is 24.2 Å². The summed E-state index contributed by atoms with van der Waals surface area (Å²) < 4.78 is 6.43. The van der Waals surface area contributed by atoms with Crippen molar-refractivity contribution in [2.45, 2.75) is 57.6 Å². The molecule has 1 spiro atoms. The summed E-state index contributed by atoms with van der Waals surface area (Å²) in [5.74, 6) is 1.99. The Bertz CT molecular complexity index is 596. The van der Waals surface area contributed by atoms with E-state index in [1.807, 2.05) is 13.0 Å². The Morgan fingerprint density at radius 3 is 2.84 bits per heavy atom. The summed E-state index contributed by atoms with van der Waals surface area (Å²) in [4.78, 5) is 4.66. The van der Waals surface area contributed by atoms with Gasteiger partial charge in [0.15, 0.2) is 5.96 Å². The third-order valence-electron chi connectivity index (χ3n) is 5.24. The van der Waals surface area contributed by atoms with Gasteiger partial charge in [-0.3, -0.25) is 4.99 Å². The summed E-state index contributed by atoms with van der Waals surface area (Å²) in [6, 6.07) is 8.55. The standard InChI is InChI=1S/C20H31N3O2/c1-3-21-19(22-13-15(2)14-24)23-17-12-20(10-6-7-11-20)25-18-9-5-4-8-16(17)18/h4-5,8-9,15,17,24H,3,6-7,10-14H2,1-2H3,(H2,21,22,23). The molecule has 1 heterocycles. The molecule has 1 aromatic carbocycles. The molecule has 0 aromatic heterocycles. The lowest BCUT2D eigenvalue weighted by Gasteiger charge is -2.40. The largest absolute Gasteiger partial charge is 0.487 e. The zero-order chi connectivity index (χ0) is 17.7. The van der Waals surface area contributed by atoms with Crippen LogP contribution < -0.4 is 15.4 Å². The van der Waals surface area contributed by atoms with Crippen LogP contribution in [-0.2, 0) is 0 Å². The van der Waals surface area contributed by atoms with E-state index < -0.39 is 0 Å². The zero-order valence-electron chi connectivity index (χ0n) is 15.4. The highest BCUT2D eigenvalue weighted by Gasteiger charge is 2.43. The Balaban J connectivity index is 1.81. The predicted molar refractivity (Wildman–Crippen MR) is 101 cm³/mol. The lowest BCUT2D eigenvalue weighted by Crippen LogP contribution is -2.46. The summed E-state index contributed by atoms with van der Waals surface area (Å²) in [5, 5.41) is 16.2. The van der Waals surface area contributed by atoms with Gasteiger partial charge < -0.3 is 20.5 Å². The topological polar surface area (TPSA) is 65.9 Å². The molecule has 1 aromatic rings. The van der Waals surface area contributed by atoms with Crippen molar-refractivity contribution >= 4 is 5.96 Å². The van der Waals surface area contributed by atoms with E-state index in [0.29, 0.717) is 6.54 Å². The van der Waals surface area contributed by atoms with Crippen molar-refractivity contribution in [3.63, 3.8) is 0 Å². The van der Waals surface area contributed by atoms with Crippen LogP contribution in [0.1, 0.15) is 57.6 Å². The Kier molecular flexibility index (Phi) is 5.84. The molecule has 25 heavy (non-hydrogen) atoms. The van der Waals surface area contributed by atoms with Crippen molar-refractivity contribution in [1.29, 1.82) is 0 Å². The number of aliphatic hydroxyl groups is 1. The number of rotatable bonds is 5. The first-order valence-electron chi connectivity index (χ1n) is 9.59.